The Balaban J connectivity index is 2.50. The van der Waals surface area contributed by atoms with Crippen LogP contribution in [-0.2, 0) is 0 Å². The molecule has 1 aromatic carbocycles. The number of benzene rings is 1. The molecule has 0 amide bonds. The fraction of sp³-hybridized carbons (Fsp3) is 0.154. The van der Waals surface area contributed by atoms with Crippen LogP contribution in [0, 0.1) is 6.92 Å². The van der Waals surface area contributed by atoms with Crippen molar-refractivity contribution < 1.29 is 5.11 Å². The number of halogens is 2. The van der Waals surface area contributed by atoms with Crippen LogP contribution in [0.3, 0.4) is 0 Å². The molecule has 1 aromatic heterocycles. The van der Waals surface area contributed by atoms with Gasteiger partial charge in [-0.3, -0.25) is 0 Å². The molecule has 2 aromatic rings. The number of nitrogens with two attached hydrogens (primary N) is 1. The maximum atomic E-state index is 10.3. The topological polar surface area (TPSA) is 59.1 Å². The molecule has 94 valence electrons. The summed E-state index contributed by atoms with van der Waals surface area (Å²) in [5, 5.41) is 11.3. The van der Waals surface area contributed by atoms with Crippen LogP contribution in [0.1, 0.15) is 22.8 Å². The first-order valence-electron chi connectivity index (χ1n) is 5.34. The molecule has 18 heavy (non-hydrogen) atoms. The Kier molecular flexibility index (Phi) is 3.76. The lowest BCUT2D eigenvalue weighted by Gasteiger charge is -2.15. The molecule has 0 saturated heterocycles. The van der Waals surface area contributed by atoms with Gasteiger partial charge in [0.25, 0.3) is 0 Å². The first kappa shape index (κ1) is 13.1. The smallest absolute Gasteiger partial charge is 0.129 e. The molecule has 3 N–H and O–H groups in total. The van der Waals surface area contributed by atoms with Gasteiger partial charge in [0.1, 0.15) is 11.9 Å². The highest BCUT2D eigenvalue weighted by Crippen LogP contribution is 2.32. The van der Waals surface area contributed by atoms with Crippen molar-refractivity contribution in [1.82, 2.24) is 4.98 Å². The number of aliphatic hydroxyl groups is 1. The quantitative estimate of drug-likeness (QED) is 0.888. The second-order valence-corrected chi connectivity index (χ2v) is 4.90. The third-order valence-corrected chi connectivity index (χ3v) is 3.21. The van der Waals surface area contributed by atoms with Crippen molar-refractivity contribution in [2.45, 2.75) is 13.0 Å². The van der Waals surface area contributed by atoms with Gasteiger partial charge in [-0.15, -0.1) is 0 Å². The average molecular weight is 283 g/mol. The van der Waals surface area contributed by atoms with E-state index in [2.05, 4.69) is 4.98 Å². The summed E-state index contributed by atoms with van der Waals surface area (Å²) in [7, 11) is 0. The van der Waals surface area contributed by atoms with Crippen LogP contribution >= 0.6 is 23.2 Å². The zero-order chi connectivity index (χ0) is 13.3. The summed E-state index contributed by atoms with van der Waals surface area (Å²) in [5.41, 5.74) is 7.73. The number of aromatic nitrogens is 1. The summed E-state index contributed by atoms with van der Waals surface area (Å²) in [6, 6.07) is 6.71. The number of nitrogens with zero attached hydrogens (tertiary/aromatic N) is 1. The van der Waals surface area contributed by atoms with Crippen LogP contribution in [0.5, 0.6) is 0 Å². The lowest BCUT2D eigenvalue weighted by atomic mass is 10.0. The highest BCUT2D eigenvalue weighted by atomic mass is 35.5. The molecule has 0 fully saturated rings. The summed E-state index contributed by atoms with van der Waals surface area (Å²) in [6.45, 7) is 1.88. The number of anilines is 1. The zero-order valence-corrected chi connectivity index (χ0v) is 11.2. The molecule has 0 radical (unpaired) electrons. The molecule has 1 heterocycles. The van der Waals surface area contributed by atoms with E-state index in [9.17, 15) is 5.11 Å². The fourth-order valence-electron chi connectivity index (χ4n) is 1.71. The van der Waals surface area contributed by atoms with Gasteiger partial charge < -0.3 is 10.8 Å². The number of pyridine rings is 1. The van der Waals surface area contributed by atoms with E-state index in [0.717, 1.165) is 5.56 Å². The normalized spacial score (nSPS) is 12.4. The van der Waals surface area contributed by atoms with Gasteiger partial charge in [0.2, 0.25) is 0 Å². The highest BCUT2D eigenvalue weighted by Gasteiger charge is 2.17. The monoisotopic (exact) mass is 282 g/mol. The van der Waals surface area contributed by atoms with Crippen molar-refractivity contribution in [2.75, 3.05) is 5.73 Å². The second kappa shape index (κ2) is 5.14. The number of aryl methyl sites for hydroxylation is 1. The minimum absolute atomic E-state index is 0.282. The molecule has 0 saturated carbocycles. The van der Waals surface area contributed by atoms with Crippen molar-refractivity contribution in [1.29, 1.82) is 0 Å². The maximum absolute atomic E-state index is 10.3. The van der Waals surface area contributed by atoms with Gasteiger partial charge in [-0.05, 0) is 36.8 Å². The first-order chi connectivity index (χ1) is 8.49. The highest BCUT2D eigenvalue weighted by molar-refractivity contribution is 6.33. The third kappa shape index (κ3) is 2.58. The largest absolute Gasteiger partial charge is 0.383 e. The third-order valence-electron chi connectivity index (χ3n) is 2.63. The molecule has 3 nitrogen and oxygen atoms in total. The number of rotatable bonds is 2. The SMILES string of the molecule is Cc1cnc(N)c(C(O)c2cc(Cl)ccc2Cl)c1. The van der Waals surface area contributed by atoms with E-state index >= 15 is 0 Å². The summed E-state index contributed by atoms with van der Waals surface area (Å²) < 4.78 is 0. The van der Waals surface area contributed by atoms with E-state index in [-0.39, 0.29) is 5.82 Å². The van der Waals surface area contributed by atoms with Gasteiger partial charge in [-0.2, -0.15) is 0 Å². The van der Waals surface area contributed by atoms with Gasteiger partial charge >= 0.3 is 0 Å². The van der Waals surface area contributed by atoms with Crippen LogP contribution in [0.2, 0.25) is 10.0 Å². The Hall–Kier alpha value is -1.29. The summed E-state index contributed by atoms with van der Waals surface area (Å²) in [5.74, 6) is 0.282. The second-order valence-electron chi connectivity index (χ2n) is 4.06. The summed E-state index contributed by atoms with van der Waals surface area (Å²) in [4.78, 5) is 4.02. The van der Waals surface area contributed by atoms with E-state index in [1.54, 1.807) is 30.5 Å². The van der Waals surface area contributed by atoms with E-state index < -0.39 is 6.10 Å². The Morgan fingerprint density at radius 2 is 1.94 bits per heavy atom. The molecular formula is C13H12Cl2N2O. The molecule has 0 aliphatic carbocycles. The van der Waals surface area contributed by atoms with E-state index in [4.69, 9.17) is 28.9 Å². The van der Waals surface area contributed by atoms with Gasteiger partial charge in [0.05, 0.1) is 0 Å². The Bertz CT molecular complexity index is 536. The maximum Gasteiger partial charge on any atom is 0.129 e. The molecular weight excluding hydrogens is 271 g/mol. The van der Waals surface area contributed by atoms with E-state index in [1.165, 1.54) is 0 Å². The number of hydrogen-bond donors (Lipinski definition) is 2. The van der Waals surface area contributed by atoms with E-state index in [1.807, 2.05) is 6.92 Å². The van der Waals surface area contributed by atoms with Crippen molar-refractivity contribution in [3.05, 3.63) is 57.2 Å². The average Bonchev–Trinajstić information content (AvgIpc) is 2.34. The van der Waals surface area contributed by atoms with Gasteiger partial charge in [0, 0.05) is 27.4 Å². The molecule has 5 heteroatoms. The number of hydrogen-bond acceptors (Lipinski definition) is 3. The molecule has 0 bridgehead atoms. The van der Waals surface area contributed by atoms with Crippen molar-refractivity contribution in [3.63, 3.8) is 0 Å². The number of aliphatic hydroxyl groups excluding tert-OH is 1. The summed E-state index contributed by atoms with van der Waals surface area (Å²) in [6.07, 6.45) is 0.703. The Labute approximate surface area is 115 Å². The minimum atomic E-state index is -0.941. The molecule has 0 aliphatic heterocycles. The van der Waals surface area contributed by atoms with Gasteiger partial charge in [-0.1, -0.05) is 23.2 Å². The molecule has 1 atom stereocenters. The van der Waals surface area contributed by atoms with Gasteiger partial charge in [0.15, 0.2) is 0 Å². The summed E-state index contributed by atoms with van der Waals surface area (Å²) >= 11 is 12.0. The molecule has 1 unspecified atom stereocenters. The van der Waals surface area contributed by atoms with Crippen LogP contribution < -0.4 is 5.73 Å². The van der Waals surface area contributed by atoms with Crippen molar-refractivity contribution in [2.24, 2.45) is 0 Å². The predicted molar refractivity (Wildman–Crippen MR) is 73.9 cm³/mol. The van der Waals surface area contributed by atoms with Crippen LogP contribution in [0.25, 0.3) is 0 Å². The van der Waals surface area contributed by atoms with Gasteiger partial charge in [-0.25, -0.2) is 4.98 Å². The number of nitrogen functional groups attached to an aromatic ring is 1. The lowest BCUT2D eigenvalue weighted by molar-refractivity contribution is 0.221. The standard InChI is InChI=1S/C13H12Cl2N2O/c1-7-4-10(13(16)17-6-7)12(18)9-5-8(14)2-3-11(9)15/h2-6,12,18H,1H3,(H2,16,17). The zero-order valence-electron chi connectivity index (χ0n) is 9.69. The van der Waals surface area contributed by atoms with Crippen LogP contribution in [0.4, 0.5) is 5.82 Å². The fourth-order valence-corrected chi connectivity index (χ4v) is 2.11. The molecule has 0 aliphatic rings. The Morgan fingerprint density at radius 1 is 1.22 bits per heavy atom. The first-order valence-corrected chi connectivity index (χ1v) is 6.09. The van der Waals surface area contributed by atoms with Crippen LogP contribution in [0.15, 0.2) is 30.5 Å². The van der Waals surface area contributed by atoms with E-state index in [0.29, 0.717) is 21.2 Å². The predicted octanol–water partition coefficient (Wildman–Crippen LogP) is 3.36. The molecule has 0 spiro atoms. The van der Waals surface area contributed by atoms with Crippen molar-refractivity contribution >= 4 is 29.0 Å². The van der Waals surface area contributed by atoms with Crippen LogP contribution in [-0.4, -0.2) is 10.1 Å². The van der Waals surface area contributed by atoms with Crippen molar-refractivity contribution in [3.8, 4) is 0 Å². The Morgan fingerprint density at radius 3 is 2.67 bits per heavy atom. The molecule has 2 rings (SSSR count). The lowest BCUT2D eigenvalue weighted by Crippen LogP contribution is -2.06. The minimum Gasteiger partial charge on any atom is -0.383 e.